The number of hydrogen-bond donors (Lipinski definition) is 2. The van der Waals surface area contributed by atoms with E-state index >= 15 is 0 Å². The quantitative estimate of drug-likeness (QED) is 0.837. The maximum Gasteiger partial charge on any atom is 0.408 e. The molecule has 6 heteroatoms. The number of hydrogen-bond acceptors (Lipinski definition) is 4. The highest BCUT2D eigenvalue weighted by atomic mass is 35.5. The van der Waals surface area contributed by atoms with Crippen LogP contribution in [0.2, 0.25) is 0 Å². The first-order chi connectivity index (χ1) is 8.69. The van der Waals surface area contributed by atoms with Crippen molar-refractivity contribution in [2.75, 3.05) is 0 Å². The Labute approximate surface area is 116 Å². The van der Waals surface area contributed by atoms with E-state index in [1.165, 1.54) is 24.3 Å². The molecule has 1 aromatic rings. The van der Waals surface area contributed by atoms with Crippen molar-refractivity contribution in [3.63, 3.8) is 0 Å². The fourth-order valence-corrected chi connectivity index (χ4v) is 1.54. The lowest BCUT2D eigenvalue weighted by Gasteiger charge is -2.22. The molecule has 1 rings (SSSR count). The van der Waals surface area contributed by atoms with Crippen LogP contribution in [0.25, 0.3) is 0 Å². The number of rotatable bonds is 3. The molecule has 1 unspecified atom stereocenters. The van der Waals surface area contributed by atoms with Crippen LogP contribution in [-0.4, -0.2) is 22.0 Å². The zero-order valence-electron chi connectivity index (χ0n) is 10.9. The van der Waals surface area contributed by atoms with Crippen molar-refractivity contribution in [2.45, 2.75) is 32.4 Å². The maximum atomic E-state index is 11.6. The molecule has 0 aromatic heterocycles. The van der Waals surface area contributed by atoms with E-state index in [0.29, 0.717) is 5.56 Å². The van der Waals surface area contributed by atoms with Crippen molar-refractivity contribution in [3.8, 4) is 5.75 Å². The number of phenols is 1. The Morgan fingerprint density at radius 3 is 2.21 bits per heavy atom. The Kier molecular flexibility index (Phi) is 4.78. The van der Waals surface area contributed by atoms with Gasteiger partial charge in [0.15, 0.2) is 0 Å². The van der Waals surface area contributed by atoms with Crippen molar-refractivity contribution >= 4 is 22.9 Å². The van der Waals surface area contributed by atoms with Gasteiger partial charge in [0.1, 0.15) is 17.4 Å². The van der Waals surface area contributed by atoms with Gasteiger partial charge in [-0.25, -0.2) is 4.79 Å². The summed E-state index contributed by atoms with van der Waals surface area (Å²) >= 11 is 5.46. The topological polar surface area (TPSA) is 75.6 Å². The van der Waals surface area contributed by atoms with Crippen LogP contribution in [0.3, 0.4) is 0 Å². The Morgan fingerprint density at radius 2 is 1.79 bits per heavy atom. The van der Waals surface area contributed by atoms with Crippen molar-refractivity contribution in [2.24, 2.45) is 0 Å². The first-order valence-corrected chi connectivity index (χ1v) is 6.04. The molecule has 0 radical (unpaired) electrons. The normalized spacial score (nSPS) is 12.6. The number of phenolic OH excluding ortho intramolecular Hbond substituents is 1. The van der Waals surface area contributed by atoms with Crippen molar-refractivity contribution in [1.29, 1.82) is 0 Å². The number of ether oxygens (including phenoxy) is 1. The Balaban J connectivity index is 2.82. The molecule has 0 saturated carbocycles. The van der Waals surface area contributed by atoms with Crippen LogP contribution < -0.4 is 5.32 Å². The van der Waals surface area contributed by atoms with Crippen LogP contribution in [0.15, 0.2) is 24.3 Å². The van der Waals surface area contributed by atoms with E-state index in [2.05, 4.69) is 5.32 Å². The van der Waals surface area contributed by atoms with Crippen molar-refractivity contribution in [1.82, 2.24) is 5.32 Å². The summed E-state index contributed by atoms with van der Waals surface area (Å²) in [6, 6.07) is 4.78. The highest BCUT2D eigenvalue weighted by molar-refractivity contribution is 6.64. The van der Waals surface area contributed by atoms with Gasteiger partial charge in [0, 0.05) is 0 Å². The van der Waals surface area contributed by atoms with Gasteiger partial charge in [0.05, 0.1) is 0 Å². The predicted molar refractivity (Wildman–Crippen MR) is 71.1 cm³/mol. The molecule has 0 saturated heterocycles. The number of aromatic hydroxyl groups is 1. The summed E-state index contributed by atoms with van der Waals surface area (Å²) in [6.45, 7) is 5.14. The van der Waals surface area contributed by atoms with Gasteiger partial charge in [0.2, 0.25) is 5.24 Å². The molecule has 1 atom stereocenters. The molecule has 104 valence electrons. The zero-order valence-corrected chi connectivity index (χ0v) is 11.7. The molecule has 0 spiro atoms. The zero-order chi connectivity index (χ0) is 14.6. The van der Waals surface area contributed by atoms with Crippen LogP contribution in [-0.2, 0) is 9.53 Å². The molecule has 0 fully saturated rings. The summed E-state index contributed by atoms with van der Waals surface area (Å²) in [5.74, 6) is 0.0572. The molecule has 2 N–H and O–H groups in total. The van der Waals surface area contributed by atoms with Crippen LogP contribution >= 0.6 is 11.6 Å². The van der Waals surface area contributed by atoms with E-state index in [0.717, 1.165) is 0 Å². The largest absolute Gasteiger partial charge is 0.508 e. The van der Waals surface area contributed by atoms with E-state index < -0.39 is 23.0 Å². The molecule has 0 aliphatic rings. The molecule has 5 nitrogen and oxygen atoms in total. The third-order valence-corrected chi connectivity index (χ3v) is 2.33. The second kappa shape index (κ2) is 5.93. The van der Waals surface area contributed by atoms with E-state index in [9.17, 15) is 14.7 Å². The fourth-order valence-electron chi connectivity index (χ4n) is 1.36. The number of nitrogens with one attached hydrogen (secondary N) is 1. The molecule has 1 amide bonds. The standard InChI is InChI=1S/C13H16ClNO4/c1-13(2,3)19-12(18)15-10(11(14)17)8-4-6-9(16)7-5-8/h4-7,10,16H,1-3H3,(H,15,18). The molecule has 0 aliphatic heterocycles. The summed E-state index contributed by atoms with van der Waals surface area (Å²) in [5, 5.41) is 10.8. The minimum absolute atomic E-state index is 0.0572. The van der Waals surface area contributed by atoms with Crippen molar-refractivity contribution < 1.29 is 19.4 Å². The summed E-state index contributed by atoms with van der Waals surface area (Å²) in [6.07, 6.45) is -0.737. The third-order valence-electron chi connectivity index (χ3n) is 2.11. The van der Waals surface area contributed by atoms with Crippen LogP contribution in [0.1, 0.15) is 32.4 Å². The second-order valence-electron chi connectivity index (χ2n) is 4.97. The van der Waals surface area contributed by atoms with Crippen LogP contribution in [0.5, 0.6) is 5.75 Å². The lowest BCUT2D eigenvalue weighted by Crippen LogP contribution is -2.37. The average molecular weight is 286 g/mol. The van der Waals surface area contributed by atoms with Gasteiger partial charge in [0.25, 0.3) is 0 Å². The monoisotopic (exact) mass is 285 g/mol. The highest BCUT2D eigenvalue weighted by Crippen LogP contribution is 2.20. The van der Waals surface area contributed by atoms with E-state index in [1.807, 2.05) is 0 Å². The molecule has 19 heavy (non-hydrogen) atoms. The molecular weight excluding hydrogens is 270 g/mol. The van der Waals surface area contributed by atoms with Gasteiger partial charge in [-0.1, -0.05) is 12.1 Å². The molecule has 0 aliphatic carbocycles. The maximum absolute atomic E-state index is 11.6. The Hall–Kier alpha value is -1.75. The SMILES string of the molecule is CC(C)(C)OC(=O)NC(C(=O)Cl)c1ccc(O)cc1. The third kappa shape index (κ3) is 5.18. The predicted octanol–water partition coefficient (Wildman–Crippen LogP) is 2.72. The first kappa shape index (κ1) is 15.3. The Morgan fingerprint density at radius 1 is 1.26 bits per heavy atom. The number of amides is 1. The first-order valence-electron chi connectivity index (χ1n) is 5.67. The smallest absolute Gasteiger partial charge is 0.408 e. The molecule has 0 bridgehead atoms. The van der Waals surface area contributed by atoms with Gasteiger partial charge in [-0.3, -0.25) is 4.79 Å². The number of halogens is 1. The number of benzene rings is 1. The van der Waals surface area contributed by atoms with E-state index in [-0.39, 0.29) is 5.75 Å². The summed E-state index contributed by atoms with van der Waals surface area (Å²) in [5.41, 5.74) is -0.206. The lowest BCUT2D eigenvalue weighted by molar-refractivity contribution is -0.113. The summed E-state index contributed by atoms with van der Waals surface area (Å²) in [7, 11) is 0. The summed E-state index contributed by atoms with van der Waals surface area (Å²) in [4.78, 5) is 23.0. The number of alkyl carbamates (subject to hydrolysis) is 1. The van der Waals surface area contributed by atoms with Gasteiger partial charge in [-0.15, -0.1) is 0 Å². The van der Waals surface area contributed by atoms with E-state index in [1.54, 1.807) is 20.8 Å². The van der Waals surface area contributed by atoms with Gasteiger partial charge in [-0.05, 0) is 50.1 Å². The average Bonchev–Trinajstić information content (AvgIpc) is 2.24. The minimum atomic E-state index is -1.02. The highest BCUT2D eigenvalue weighted by Gasteiger charge is 2.24. The van der Waals surface area contributed by atoms with Crippen LogP contribution in [0, 0.1) is 0 Å². The number of carbonyl (C=O) groups is 2. The number of carbonyl (C=O) groups excluding carboxylic acids is 2. The second-order valence-corrected chi connectivity index (χ2v) is 5.35. The summed E-state index contributed by atoms with van der Waals surface area (Å²) < 4.78 is 5.05. The van der Waals surface area contributed by atoms with Crippen molar-refractivity contribution in [3.05, 3.63) is 29.8 Å². The van der Waals surface area contributed by atoms with Crippen LogP contribution in [0.4, 0.5) is 4.79 Å². The van der Waals surface area contributed by atoms with Gasteiger partial charge in [-0.2, -0.15) is 0 Å². The minimum Gasteiger partial charge on any atom is -0.508 e. The molecule has 0 heterocycles. The van der Waals surface area contributed by atoms with Gasteiger partial charge < -0.3 is 15.2 Å². The Bertz CT molecular complexity index is 465. The fraction of sp³-hybridized carbons (Fsp3) is 0.385. The molecule has 1 aromatic carbocycles. The van der Waals surface area contributed by atoms with Gasteiger partial charge >= 0.3 is 6.09 Å². The lowest BCUT2D eigenvalue weighted by atomic mass is 10.1. The van der Waals surface area contributed by atoms with E-state index in [4.69, 9.17) is 16.3 Å². The molecular formula is C13H16ClNO4.